The first-order valence-corrected chi connectivity index (χ1v) is 8.62. The van der Waals surface area contributed by atoms with Crippen LogP contribution in [0, 0.1) is 0 Å². The van der Waals surface area contributed by atoms with Crippen molar-refractivity contribution in [3.05, 3.63) is 20.8 Å². The number of aliphatic hydroxyl groups is 1. The van der Waals surface area contributed by atoms with Gasteiger partial charge in [-0.1, -0.05) is 13.3 Å². The minimum atomic E-state index is -0.346. The molecule has 0 aliphatic carbocycles. The molecule has 0 radical (unpaired) electrons. The van der Waals surface area contributed by atoms with E-state index >= 15 is 0 Å². The SMILES string of the molecule is CCCCn1c(=O)c2c(nc3n2CC(C)=NN3CCCO)n(C)c1=O. The van der Waals surface area contributed by atoms with Crippen molar-refractivity contribution < 1.29 is 5.11 Å². The average Bonchev–Trinajstić information content (AvgIpc) is 2.97. The molecule has 0 saturated carbocycles. The Morgan fingerprint density at radius 1 is 1.20 bits per heavy atom. The van der Waals surface area contributed by atoms with Gasteiger partial charge >= 0.3 is 5.69 Å². The first-order chi connectivity index (χ1) is 12.0. The molecule has 0 amide bonds. The van der Waals surface area contributed by atoms with Crippen LogP contribution < -0.4 is 16.3 Å². The van der Waals surface area contributed by atoms with E-state index in [-0.39, 0.29) is 17.9 Å². The predicted octanol–water partition coefficient (Wildman–Crippen LogP) is 0.275. The van der Waals surface area contributed by atoms with E-state index < -0.39 is 0 Å². The first-order valence-electron chi connectivity index (χ1n) is 8.62. The summed E-state index contributed by atoms with van der Waals surface area (Å²) in [5.41, 5.74) is 0.995. The fraction of sp³-hybridized carbons (Fsp3) is 0.625. The molecule has 0 unspecified atom stereocenters. The highest BCUT2D eigenvalue weighted by Crippen LogP contribution is 2.23. The lowest BCUT2D eigenvalue weighted by Gasteiger charge is -2.24. The van der Waals surface area contributed by atoms with Gasteiger partial charge in [0, 0.05) is 26.7 Å². The van der Waals surface area contributed by atoms with E-state index in [1.807, 2.05) is 18.4 Å². The molecule has 9 nitrogen and oxygen atoms in total. The minimum Gasteiger partial charge on any atom is -0.396 e. The summed E-state index contributed by atoms with van der Waals surface area (Å²) in [6.07, 6.45) is 2.21. The number of nitrogens with zero attached hydrogens (tertiary/aromatic N) is 6. The lowest BCUT2D eigenvalue weighted by Crippen LogP contribution is -2.40. The van der Waals surface area contributed by atoms with Crippen LogP contribution in [-0.4, -0.2) is 42.7 Å². The van der Waals surface area contributed by atoms with Crippen LogP contribution in [0.25, 0.3) is 11.2 Å². The fourth-order valence-electron chi connectivity index (χ4n) is 3.10. The van der Waals surface area contributed by atoms with Crippen molar-refractivity contribution in [3.63, 3.8) is 0 Å². The third-order valence-corrected chi connectivity index (χ3v) is 4.38. The molecular weight excluding hydrogens is 324 g/mol. The van der Waals surface area contributed by atoms with Gasteiger partial charge in [-0.3, -0.25) is 18.5 Å². The van der Waals surface area contributed by atoms with Crippen molar-refractivity contribution in [2.24, 2.45) is 12.1 Å². The summed E-state index contributed by atoms with van der Waals surface area (Å²) in [6, 6.07) is 0. The summed E-state index contributed by atoms with van der Waals surface area (Å²) in [5.74, 6) is 0.536. The van der Waals surface area contributed by atoms with Crippen LogP contribution in [0.15, 0.2) is 14.7 Å². The second-order valence-corrected chi connectivity index (χ2v) is 6.36. The Morgan fingerprint density at radius 3 is 2.64 bits per heavy atom. The average molecular weight is 348 g/mol. The van der Waals surface area contributed by atoms with E-state index in [0.717, 1.165) is 18.6 Å². The molecule has 25 heavy (non-hydrogen) atoms. The molecular formula is C16H24N6O3. The minimum absolute atomic E-state index is 0.0492. The van der Waals surface area contributed by atoms with E-state index in [4.69, 9.17) is 5.11 Å². The van der Waals surface area contributed by atoms with Crippen LogP contribution in [0.4, 0.5) is 5.95 Å². The van der Waals surface area contributed by atoms with Crippen molar-refractivity contribution in [2.75, 3.05) is 18.2 Å². The summed E-state index contributed by atoms with van der Waals surface area (Å²) in [6.45, 7) is 5.32. The van der Waals surface area contributed by atoms with Gasteiger partial charge in [-0.05, 0) is 19.8 Å². The van der Waals surface area contributed by atoms with E-state index in [1.54, 1.807) is 12.1 Å². The molecule has 1 N–H and O–H groups in total. The molecule has 136 valence electrons. The highest BCUT2D eigenvalue weighted by Gasteiger charge is 2.26. The van der Waals surface area contributed by atoms with Crippen molar-refractivity contribution in [1.82, 2.24) is 18.7 Å². The van der Waals surface area contributed by atoms with Gasteiger partial charge < -0.3 is 5.11 Å². The molecule has 3 heterocycles. The summed E-state index contributed by atoms with van der Waals surface area (Å²) in [5, 5.41) is 15.3. The Morgan fingerprint density at radius 2 is 1.96 bits per heavy atom. The number of aryl methyl sites for hydroxylation is 1. The molecule has 2 aromatic heterocycles. The molecule has 9 heteroatoms. The highest BCUT2D eigenvalue weighted by atomic mass is 16.3. The third kappa shape index (κ3) is 2.88. The Hall–Kier alpha value is -2.42. The van der Waals surface area contributed by atoms with E-state index in [0.29, 0.717) is 43.2 Å². The maximum Gasteiger partial charge on any atom is 0.332 e. The monoisotopic (exact) mass is 348 g/mol. The highest BCUT2D eigenvalue weighted by molar-refractivity contribution is 5.87. The van der Waals surface area contributed by atoms with Gasteiger partial charge in [0.15, 0.2) is 11.2 Å². The normalized spacial score (nSPS) is 14.1. The molecule has 0 fully saturated rings. The van der Waals surface area contributed by atoms with Crippen molar-refractivity contribution in [3.8, 4) is 0 Å². The largest absolute Gasteiger partial charge is 0.396 e. The van der Waals surface area contributed by atoms with Gasteiger partial charge in [-0.15, -0.1) is 0 Å². The number of hydrogen-bond donors (Lipinski definition) is 1. The third-order valence-electron chi connectivity index (χ3n) is 4.38. The Labute approximate surface area is 144 Å². The molecule has 1 aliphatic rings. The molecule has 2 aromatic rings. The maximum absolute atomic E-state index is 13.0. The lowest BCUT2D eigenvalue weighted by atomic mass is 10.3. The molecule has 3 rings (SSSR count). The van der Waals surface area contributed by atoms with E-state index in [1.165, 1.54) is 9.13 Å². The van der Waals surface area contributed by atoms with Gasteiger partial charge in [-0.25, -0.2) is 9.80 Å². The summed E-state index contributed by atoms with van der Waals surface area (Å²) >= 11 is 0. The number of anilines is 1. The van der Waals surface area contributed by atoms with Gasteiger partial charge in [0.1, 0.15) is 0 Å². The number of unbranched alkanes of at least 4 members (excludes halogenated alkanes) is 1. The van der Waals surface area contributed by atoms with Crippen LogP contribution >= 0.6 is 0 Å². The Kier molecular flexibility index (Phi) is 4.76. The quantitative estimate of drug-likeness (QED) is 0.808. The number of hydrazone groups is 1. The van der Waals surface area contributed by atoms with Gasteiger partial charge in [0.05, 0.1) is 12.3 Å². The van der Waals surface area contributed by atoms with Gasteiger partial charge in [0.2, 0.25) is 5.95 Å². The van der Waals surface area contributed by atoms with Crippen LogP contribution in [0.5, 0.6) is 0 Å². The second-order valence-electron chi connectivity index (χ2n) is 6.36. The molecule has 0 aromatic carbocycles. The molecule has 0 atom stereocenters. The predicted molar refractivity (Wildman–Crippen MR) is 96.3 cm³/mol. The number of aliphatic hydroxyl groups excluding tert-OH is 1. The van der Waals surface area contributed by atoms with Crippen molar-refractivity contribution in [2.45, 2.75) is 46.2 Å². The summed E-state index contributed by atoms with van der Waals surface area (Å²) in [7, 11) is 1.64. The first kappa shape index (κ1) is 17.4. The van der Waals surface area contributed by atoms with Gasteiger partial charge in [0.25, 0.3) is 5.56 Å². The van der Waals surface area contributed by atoms with Crippen LogP contribution in [-0.2, 0) is 20.1 Å². The molecule has 0 spiro atoms. The van der Waals surface area contributed by atoms with Crippen molar-refractivity contribution >= 4 is 22.8 Å². The number of hydrogen-bond acceptors (Lipinski definition) is 6. The summed E-state index contributed by atoms with van der Waals surface area (Å²) < 4.78 is 4.54. The van der Waals surface area contributed by atoms with Crippen LogP contribution in [0.3, 0.4) is 0 Å². The zero-order chi connectivity index (χ0) is 18.1. The van der Waals surface area contributed by atoms with Crippen LogP contribution in [0.2, 0.25) is 0 Å². The van der Waals surface area contributed by atoms with E-state index in [2.05, 4.69) is 10.1 Å². The molecule has 0 bridgehead atoms. The summed E-state index contributed by atoms with van der Waals surface area (Å²) in [4.78, 5) is 30.0. The second kappa shape index (κ2) is 6.83. The zero-order valence-corrected chi connectivity index (χ0v) is 14.9. The maximum atomic E-state index is 13.0. The Bertz CT molecular complexity index is 936. The van der Waals surface area contributed by atoms with Gasteiger partial charge in [-0.2, -0.15) is 10.1 Å². The standard InChI is InChI=1S/C16H24N6O3/c1-4-5-7-20-14(24)12-13(19(3)16(20)25)17-15-21(12)10-11(2)18-22(15)8-6-9-23/h23H,4-10H2,1-3H3. The number of aromatic nitrogens is 4. The molecule has 0 saturated heterocycles. The smallest absolute Gasteiger partial charge is 0.332 e. The van der Waals surface area contributed by atoms with Crippen molar-refractivity contribution in [1.29, 1.82) is 0 Å². The number of fused-ring (bicyclic) bond motifs is 3. The molecule has 1 aliphatic heterocycles. The lowest BCUT2D eigenvalue weighted by molar-refractivity contribution is 0.289. The van der Waals surface area contributed by atoms with Crippen LogP contribution in [0.1, 0.15) is 33.1 Å². The Balaban J connectivity index is 2.23. The fourth-order valence-corrected chi connectivity index (χ4v) is 3.10. The zero-order valence-electron chi connectivity index (χ0n) is 14.9. The number of rotatable bonds is 6. The number of imidazole rings is 1. The van der Waals surface area contributed by atoms with E-state index in [9.17, 15) is 9.59 Å². The topological polar surface area (TPSA) is 97.7 Å².